The molecule has 0 saturated carbocycles. The standard InChI is InChI=1S/C18H14N4/c1-3-7-13(8-4-1)15-11-19-17(21-15)18-20-12-16(22-18)14-9-5-2-6-10-14/h1-12H,(H,19,21)(H,20,22). The van der Waals surface area contributed by atoms with Gasteiger partial charge in [-0.3, -0.25) is 0 Å². The Balaban J connectivity index is 1.66. The lowest BCUT2D eigenvalue weighted by molar-refractivity contribution is 1.20. The molecule has 22 heavy (non-hydrogen) atoms. The van der Waals surface area contributed by atoms with E-state index in [2.05, 4.69) is 44.2 Å². The van der Waals surface area contributed by atoms with Crippen LogP contribution < -0.4 is 0 Å². The second-order valence-electron chi connectivity index (χ2n) is 5.02. The number of nitrogens with zero attached hydrogens (tertiary/aromatic N) is 2. The van der Waals surface area contributed by atoms with Crippen molar-refractivity contribution in [2.45, 2.75) is 0 Å². The van der Waals surface area contributed by atoms with Gasteiger partial charge in [-0.1, -0.05) is 60.7 Å². The molecular formula is C18H14N4. The minimum Gasteiger partial charge on any atom is -0.335 e. The van der Waals surface area contributed by atoms with E-state index in [9.17, 15) is 0 Å². The average Bonchev–Trinajstić information content (AvgIpc) is 3.26. The van der Waals surface area contributed by atoms with E-state index < -0.39 is 0 Å². The summed E-state index contributed by atoms with van der Waals surface area (Å²) >= 11 is 0. The number of nitrogens with one attached hydrogen (secondary N) is 2. The monoisotopic (exact) mass is 286 g/mol. The molecule has 0 saturated heterocycles. The molecule has 0 radical (unpaired) electrons. The summed E-state index contributed by atoms with van der Waals surface area (Å²) in [6.45, 7) is 0. The number of rotatable bonds is 3. The summed E-state index contributed by atoms with van der Waals surface area (Å²) in [4.78, 5) is 15.5. The van der Waals surface area contributed by atoms with Crippen molar-refractivity contribution in [3.63, 3.8) is 0 Å². The van der Waals surface area contributed by atoms with E-state index in [1.54, 1.807) is 0 Å². The second-order valence-corrected chi connectivity index (χ2v) is 5.02. The Morgan fingerprint density at radius 2 is 0.955 bits per heavy atom. The van der Waals surface area contributed by atoms with E-state index >= 15 is 0 Å². The van der Waals surface area contributed by atoms with Gasteiger partial charge in [0.25, 0.3) is 0 Å². The number of aromatic nitrogens is 4. The van der Waals surface area contributed by atoms with Crippen molar-refractivity contribution in [1.82, 2.24) is 19.9 Å². The number of imidazole rings is 2. The maximum Gasteiger partial charge on any atom is 0.174 e. The van der Waals surface area contributed by atoms with Crippen molar-refractivity contribution >= 4 is 0 Å². The summed E-state index contributed by atoms with van der Waals surface area (Å²) in [7, 11) is 0. The largest absolute Gasteiger partial charge is 0.335 e. The van der Waals surface area contributed by atoms with Crippen LogP contribution in [0.2, 0.25) is 0 Å². The Hall–Kier alpha value is -3.14. The highest BCUT2D eigenvalue weighted by molar-refractivity contribution is 5.64. The summed E-state index contributed by atoms with van der Waals surface area (Å²) in [5.74, 6) is 1.47. The van der Waals surface area contributed by atoms with Crippen LogP contribution >= 0.6 is 0 Å². The molecule has 4 rings (SSSR count). The minimum atomic E-state index is 0.737. The van der Waals surface area contributed by atoms with Gasteiger partial charge < -0.3 is 9.97 Å². The van der Waals surface area contributed by atoms with Gasteiger partial charge in [0, 0.05) is 0 Å². The molecule has 2 aromatic heterocycles. The lowest BCUT2D eigenvalue weighted by Crippen LogP contribution is -1.84. The molecule has 2 heterocycles. The van der Waals surface area contributed by atoms with Crippen LogP contribution in [0.4, 0.5) is 0 Å². The first-order valence-corrected chi connectivity index (χ1v) is 7.11. The van der Waals surface area contributed by atoms with Gasteiger partial charge >= 0.3 is 0 Å². The molecule has 4 heteroatoms. The van der Waals surface area contributed by atoms with Gasteiger partial charge in [0.05, 0.1) is 23.8 Å². The first-order chi connectivity index (χ1) is 10.9. The smallest absolute Gasteiger partial charge is 0.174 e. The van der Waals surface area contributed by atoms with E-state index in [1.165, 1.54) is 0 Å². The van der Waals surface area contributed by atoms with Crippen molar-refractivity contribution in [2.75, 3.05) is 0 Å². The van der Waals surface area contributed by atoms with Crippen molar-refractivity contribution in [1.29, 1.82) is 0 Å². The zero-order valence-electron chi connectivity index (χ0n) is 11.8. The quantitative estimate of drug-likeness (QED) is 0.595. The molecule has 0 aliphatic heterocycles. The molecule has 0 bridgehead atoms. The van der Waals surface area contributed by atoms with Crippen molar-refractivity contribution < 1.29 is 0 Å². The van der Waals surface area contributed by atoms with E-state index in [4.69, 9.17) is 0 Å². The highest BCUT2D eigenvalue weighted by Crippen LogP contribution is 2.23. The van der Waals surface area contributed by atoms with Gasteiger partial charge in [-0.2, -0.15) is 0 Å². The van der Waals surface area contributed by atoms with Crippen molar-refractivity contribution in [3.05, 3.63) is 73.1 Å². The lowest BCUT2D eigenvalue weighted by Gasteiger charge is -1.96. The molecule has 4 aromatic rings. The molecule has 0 unspecified atom stereocenters. The van der Waals surface area contributed by atoms with Crippen LogP contribution in [0.5, 0.6) is 0 Å². The fraction of sp³-hybridized carbons (Fsp3) is 0. The molecule has 0 atom stereocenters. The summed E-state index contributed by atoms with van der Waals surface area (Å²) < 4.78 is 0. The number of hydrogen-bond acceptors (Lipinski definition) is 2. The van der Waals surface area contributed by atoms with Gasteiger partial charge in [0.15, 0.2) is 11.6 Å². The molecule has 2 aromatic carbocycles. The maximum absolute atomic E-state index is 4.42. The van der Waals surface area contributed by atoms with Crippen LogP contribution in [-0.4, -0.2) is 19.9 Å². The van der Waals surface area contributed by atoms with Crippen LogP contribution in [0, 0.1) is 0 Å². The van der Waals surface area contributed by atoms with E-state index in [-0.39, 0.29) is 0 Å². The van der Waals surface area contributed by atoms with Gasteiger partial charge in [-0.15, -0.1) is 0 Å². The van der Waals surface area contributed by atoms with Gasteiger partial charge in [-0.05, 0) is 11.1 Å². The van der Waals surface area contributed by atoms with Crippen LogP contribution in [-0.2, 0) is 0 Å². The van der Waals surface area contributed by atoms with Crippen molar-refractivity contribution in [2.24, 2.45) is 0 Å². The Morgan fingerprint density at radius 1 is 0.545 bits per heavy atom. The molecule has 106 valence electrons. The summed E-state index contributed by atoms with van der Waals surface area (Å²) in [6.07, 6.45) is 3.66. The fourth-order valence-electron chi connectivity index (χ4n) is 2.41. The van der Waals surface area contributed by atoms with Gasteiger partial charge in [0.2, 0.25) is 0 Å². The number of benzene rings is 2. The Kier molecular flexibility index (Phi) is 3.05. The molecule has 0 aliphatic rings. The molecule has 0 amide bonds. The molecule has 2 N–H and O–H groups in total. The van der Waals surface area contributed by atoms with E-state index in [0.29, 0.717) is 0 Å². The van der Waals surface area contributed by atoms with Crippen molar-refractivity contribution in [3.8, 4) is 34.2 Å². The topological polar surface area (TPSA) is 57.4 Å². The van der Waals surface area contributed by atoms with E-state index in [1.807, 2.05) is 48.8 Å². The van der Waals surface area contributed by atoms with Gasteiger partial charge in [-0.25, -0.2) is 9.97 Å². The predicted octanol–water partition coefficient (Wildman–Crippen LogP) is 4.13. The third-order valence-corrected chi connectivity index (χ3v) is 3.55. The number of hydrogen-bond donors (Lipinski definition) is 2. The van der Waals surface area contributed by atoms with Gasteiger partial charge in [0.1, 0.15) is 0 Å². The molecule has 0 aliphatic carbocycles. The Bertz CT molecular complexity index is 800. The van der Waals surface area contributed by atoms with Crippen LogP contribution in [0.25, 0.3) is 34.2 Å². The van der Waals surface area contributed by atoms with E-state index in [0.717, 1.165) is 34.2 Å². The normalized spacial score (nSPS) is 10.7. The van der Waals surface area contributed by atoms with Crippen LogP contribution in [0.3, 0.4) is 0 Å². The van der Waals surface area contributed by atoms with Crippen LogP contribution in [0.1, 0.15) is 0 Å². The molecule has 0 spiro atoms. The first-order valence-electron chi connectivity index (χ1n) is 7.11. The lowest BCUT2D eigenvalue weighted by atomic mass is 10.2. The number of aromatic amines is 2. The Morgan fingerprint density at radius 3 is 1.36 bits per heavy atom. The third-order valence-electron chi connectivity index (χ3n) is 3.55. The molecule has 4 nitrogen and oxygen atoms in total. The molecule has 0 fully saturated rings. The summed E-state index contributed by atoms with van der Waals surface area (Å²) in [6, 6.07) is 20.2. The molecular weight excluding hydrogens is 272 g/mol. The third kappa shape index (κ3) is 2.31. The predicted molar refractivity (Wildman–Crippen MR) is 87.0 cm³/mol. The summed E-state index contributed by atoms with van der Waals surface area (Å²) in [5.41, 5.74) is 4.17. The zero-order valence-corrected chi connectivity index (χ0v) is 11.8. The Labute approximate surface area is 127 Å². The minimum absolute atomic E-state index is 0.737. The number of H-pyrrole nitrogens is 2. The highest BCUT2D eigenvalue weighted by Gasteiger charge is 2.09. The first kappa shape index (κ1) is 12.6. The SMILES string of the molecule is c1ccc(-c2cnc(-c3ncc(-c4ccccc4)[nH]3)[nH]2)cc1. The average molecular weight is 286 g/mol. The summed E-state index contributed by atoms with van der Waals surface area (Å²) in [5, 5.41) is 0. The second kappa shape index (κ2) is 5.33. The zero-order chi connectivity index (χ0) is 14.8. The maximum atomic E-state index is 4.42. The fourth-order valence-corrected chi connectivity index (χ4v) is 2.41. The van der Waals surface area contributed by atoms with Crippen LogP contribution in [0.15, 0.2) is 73.1 Å². The highest BCUT2D eigenvalue weighted by atomic mass is 15.0.